The van der Waals surface area contributed by atoms with Crippen molar-refractivity contribution in [3.05, 3.63) is 53.6 Å². The third-order valence-electron chi connectivity index (χ3n) is 4.60. The Labute approximate surface area is 143 Å². The highest BCUT2D eigenvalue weighted by molar-refractivity contribution is 5.27. The van der Waals surface area contributed by atoms with E-state index in [-0.39, 0.29) is 5.75 Å². The molecule has 0 bridgehead atoms. The van der Waals surface area contributed by atoms with Crippen LogP contribution in [0.25, 0.3) is 0 Å². The Morgan fingerprint density at radius 1 is 1.17 bits per heavy atom. The molecule has 0 aliphatic carbocycles. The van der Waals surface area contributed by atoms with Crippen LogP contribution in [-0.4, -0.2) is 39.1 Å². The normalized spacial score (nSPS) is 18.5. The number of aryl methyl sites for hydroxylation is 1. The minimum atomic E-state index is 0.276. The molecule has 1 aliphatic rings. The van der Waals surface area contributed by atoms with Gasteiger partial charge in [0.25, 0.3) is 0 Å². The summed E-state index contributed by atoms with van der Waals surface area (Å²) in [6.07, 6.45) is 5.28. The number of hydrogen-bond donors (Lipinski definition) is 2. The second-order valence-electron chi connectivity index (χ2n) is 6.48. The molecule has 0 amide bonds. The molecule has 1 saturated heterocycles. The maximum atomic E-state index is 10.2. The van der Waals surface area contributed by atoms with Crippen molar-refractivity contribution in [2.24, 2.45) is 0 Å². The SMILES string of the molecule is Cc1ccc(O)c(CN(Cc2ccccn2)C2CCCNCC2)n1. The summed E-state index contributed by atoms with van der Waals surface area (Å²) in [6, 6.07) is 10.1. The smallest absolute Gasteiger partial charge is 0.138 e. The van der Waals surface area contributed by atoms with Gasteiger partial charge in [-0.25, -0.2) is 0 Å². The highest BCUT2D eigenvalue weighted by Crippen LogP contribution is 2.22. The van der Waals surface area contributed by atoms with E-state index in [2.05, 4.69) is 26.3 Å². The molecule has 3 rings (SSSR count). The molecule has 24 heavy (non-hydrogen) atoms. The van der Waals surface area contributed by atoms with E-state index in [0.717, 1.165) is 49.6 Å². The van der Waals surface area contributed by atoms with Gasteiger partial charge in [-0.2, -0.15) is 0 Å². The first-order valence-electron chi connectivity index (χ1n) is 8.72. The minimum Gasteiger partial charge on any atom is -0.506 e. The highest BCUT2D eigenvalue weighted by Gasteiger charge is 2.22. The molecule has 128 valence electrons. The molecule has 2 N–H and O–H groups in total. The lowest BCUT2D eigenvalue weighted by Crippen LogP contribution is -2.35. The van der Waals surface area contributed by atoms with Gasteiger partial charge in [-0.15, -0.1) is 0 Å². The van der Waals surface area contributed by atoms with E-state index in [1.54, 1.807) is 6.07 Å². The predicted octanol–water partition coefficient (Wildman–Crippen LogP) is 2.63. The summed E-state index contributed by atoms with van der Waals surface area (Å²) >= 11 is 0. The van der Waals surface area contributed by atoms with Crippen LogP contribution in [0.4, 0.5) is 0 Å². The van der Waals surface area contributed by atoms with Gasteiger partial charge in [0, 0.05) is 31.0 Å². The average molecular weight is 326 g/mol. The van der Waals surface area contributed by atoms with Crippen molar-refractivity contribution in [2.45, 2.75) is 45.3 Å². The molecule has 5 heteroatoms. The fourth-order valence-electron chi connectivity index (χ4n) is 3.29. The second kappa shape index (κ2) is 8.22. The van der Waals surface area contributed by atoms with E-state index >= 15 is 0 Å². The van der Waals surface area contributed by atoms with Crippen molar-refractivity contribution >= 4 is 0 Å². The van der Waals surface area contributed by atoms with Crippen molar-refractivity contribution in [1.29, 1.82) is 0 Å². The number of nitrogens with one attached hydrogen (secondary N) is 1. The molecule has 0 aromatic carbocycles. The maximum absolute atomic E-state index is 10.2. The number of hydrogen-bond acceptors (Lipinski definition) is 5. The minimum absolute atomic E-state index is 0.276. The third-order valence-corrected chi connectivity index (χ3v) is 4.60. The maximum Gasteiger partial charge on any atom is 0.138 e. The molecule has 2 aromatic heterocycles. The summed E-state index contributed by atoms with van der Waals surface area (Å²) in [4.78, 5) is 11.4. The molecule has 2 aromatic rings. The number of nitrogens with zero attached hydrogens (tertiary/aromatic N) is 3. The molecule has 0 spiro atoms. The van der Waals surface area contributed by atoms with Crippen LogP contribution in [0.3, 0.4) is 0 Å². The van der Waals surface area contributed by atoms with Gasteiger partial charge in [0.05, 0.1) is 11.4 Å². The Kier molecular flexibility index (Phi) is 5.77. The first kappa shape index (κ1) is 16.9. The summed E-state index contributed by atoms with van der Waals surface area (Å²) in [5.74, 6) is 0.276. The largest absolute Gasteiger partial charge is 0.506 e. The van der Waals surface area contributed by atoms with Crippen LogP contribution in [-0.2, 0) is 13.1 Å². The Bertz CT molecular complexity index is 639. The van der Waals surface area contributed by atoms with Gasteiger partial charge in [0.2, 0.25) is 0 Å². The molecule has 0 saturated carbocycles. The number of pyridine rings is 2. The van der Waals surface area contributed by atoms with Crippen molar-refractivity contribution in [1.82, 2.24) is 20.2 Å². The van der Waals surface area contributed by atoms with Gasteiger partial charge >= 0.3 is 0 Å². The zero-order valence-corrected chi connectivity index (χ0v) is 14.3. The molecule has 3 heterocycles. The van der Waals surface area contributed by atoms with Crippen LogP contribution in [0, 0.1) is 6.92 Å². The standard InChI is InChI=1S/C19H26N4O/c1-15-7-8-19(24)18(22-15)14-23(13-16-5-2-3-11-21-16)17-6-4-10-20-12-9-17/h2-3,5,7-8,11,17,20,24H,4,6,9-10,12-14H2,1H3. The van der Waals surface area contributed by atoms with Crippen LogP contribution in [0.5, 0.6) is 5.75 Å². The molecule has 1 atom stereocenters. The zero-order valence-electron chi connectivity index (χ0n) is 14.3. The Morgan fingerprint density at radius 3 is 2.92 bits per heavy atom. The number of aromatic nitrogens is 2. The first-order chi connectivity index (χ1) is 11.7. The monoisotopic (exact) mass is 326 g/mol. The van der Waals surface area contributed by atoms with Crippen molar-refractivity contribution in [3.8, 4) is 5.75 Å². The summed E-state index contributed by atoms with van der Waals surface area (Å²) in [7, 11) is 0. The lowest BCUT2D eigenvalue weighted by atomic mass is 10.1. The van der Waals surface area contributed by atoms with E-state index in [0.29, 0.717) is 12.6 Å². The lowest BCUT2D eigenvalue weighted by Gasteiger charge is -2.30. The summed E-state index contributed by atoms with van der Waals surface area (Å²) in [5, 5.41) is 13.7. The van der Waals surface area contributed by atoms with Gasteiger partial charge in [-0.05, 0) is 63.5 Å². The molecule has 0 radical (unpaired) electrons. The third kappa shape index (κ3) is 4.52. The van der Waals surface area contributed by atoms with Gasteiger partial charge in [0.1, 0.15) is 5.75 Å². The van der Waals surface area contributed by atoms with Gasteiger partial charge in [0.15, 0.2) is 0 Å². The van der Waals surface area contributed by atoms with Gasteiger partial charge in [-0.3, -0.25) is 14.9 Å². The number of aromatic hydroxyl groups is 1. The predicted molar refractivity (Wildman–Crippen MR) is 94.6 cm³/mol. The van der Waals surface area contributed by atoms with E-state index in [1.165, 1.54) is 6.42 Å². The highest BCUT2D eigenvalue weighted by atomic mass is 16.3. The van der Waals surface area contributed by atoms with Crippen LogP contribution >= 0.6 is 0 Å². The zero-order chi connectivity index (χ0) is 16.8. The van der Waals surface area contributed by atoms with E-state index in [4.69, 9.17) is 0 Å². The molecule has 1 aliphatic heterocycles. The molecular formula is C19H26N4O. The fraction of sp³-hybridized carbons (Fsp3) is 0.474. The Balaban J connectivity index is 1.81. The van der Waals surface area contributed by atoms with Crippen molar-refractivity contribution in [3.63, 3.8) is 0 Å². The number of rotatable bonds is 5. The summed E-state index contributed by atoms with van der Waals surface area (Å²) < 4.78 is 0. The second-order valence-corrected chi connectivity index (χ2v) is 6.48. The average Bonchev–Trinajstić information content (AvgIpc) is 2.88. The van der Waals surface area contributed by atoms with Crippen LogP contribution in [0.15, 0.2) is 36.5 Å². The van der Waals surface area contributed by atoms with Crippen LogP contribution in [0.2, 0.25) is 0 Å². The van der Waals surface area contributed by atoms with E-state index < -0.39 is 0 Å². The van der Waals surface area contributed by atoms with Crippen LogP contribution in [0.1, 0.15) is 36.3 Å². The Morgan fingerprint density at radius 2 is 2.08 bits per heavy atom. The first-order valence-corrected chi connectivity index (χ1v) is 8.72. The molecule has 5 nitrogen and oxygen atoms in total. The Hall–Kier alpha value is -1.98. The van der Waals surface area contributed by atoms with Crippen molar-refractivity contribution in [2.75, 3.05) is 13.1 Å². The molecule has 1 unspecified atom stereocenters. The summed E-state index contributed by atoms with van der Waals surface area (Å²) in [6.45, 7) is 5.51. The summed E-state index contributed by atoms with van der Waals surface area (Å²) in [5.41, 5.74) is 2.74. The van der Waals surface area contributed by atoms with Gasteiger partial charge < -0.3 is 10.4 Å². The van der Waals surface area contributed by atoms with Gasteiger partial charge in [-0.1, -0.05) is 6.07 Å². The van der Waals surface area contributed by atoms with E-state index in [1.807, 2.05) is 31.3 Å². The molecular weight excluding hydrogens is 300 g/mol. The fourth-order valence-corrected chi connectivity index (χ4v) is 3.29. The van der Waals surface area contributed by atoms with Crippen molar-refractivity contribution < 1.29 is 5.11 Å². The lowest BCUT2D eigenvalue weighted by molar-refractivity contribution is 0.158. The topological polar surface area (TPSA) is 61.3 Å². The van der Waals surface area contributed by atoms with Crippen LogP contribution < -0.4 is 5.32 Å². The molecule has 1 fully saturated rings. The quantitative estimate of drug-likeness (QED) is 0.884. The van der Waals surface area contributed by atoms with E-state index in [9.17, 15) is 5.11 Å².